The third kappa shape index (κ3) is 9.73. The molecular weight excluding hydrogens is 592 g/mol. The molecule has 1 aliphatic heterocycles. The first-order valence-electron chi connectivity index (χ1n) is 15.2. The molecule has 4 unspecified atom stereocenters. The van der Waals surface area contributed by atoms with Crippen molar-refractivity contribution in [2.75, 3.05) is 13.1 Å². The number of thiazole rings is 1. The van der Waals surface area contributed by atoms with E-state index in [1.165, 1.54) is 11.3 Å². The molecule has 3 amide bonds. The summed E-state index contributed by atoms with van der Waals surface area (Å²) in [6.45, 7) is 3.84. The number of nitrogens with zero attached hydrogens (tertiary/aromatic N) is 2. The highest BCUT2D eigenvalue weighted by atomic mass is 32.1. The second kappa shape index (κ2) is 16.0. The highest BCUT2D eigenvalue weighted by Crippen LogP contribution is 2.29. The van der Waals surface area contributed by atoms with Gasteiger partial charge in [0.2, 0.25) is 23.5 Å². The van der Waals surface area contributed by atoms with Gasteiger partial charge in [-0.1, -0.05) is 50.3 Å². The number of rotatable bonds is 16. The normalized spacial score (nSPS) is 18.0. The molecule has 12 nitrogen and oxygen atoms in total. The molecule has 45 heavy (non-hydrogen) atoms. The molecule has 0 bridgehead atoms. The maximum atomic E-state index is 13.4. The third-order valence-corrected chi connectivity index (χ3v) is 8.60. The maximum Gasteiger partial charge on any atom is 0.243 e. The number of aliphatic imine (C=N–C) groups is 1. The molecule has 0 radical (unpaired) electrons. The minimum atomic E-state index is -0.885. The van der Waals surface area contributed by atoms with E-state index in [1.54, 1.807) is 0 Å². The first-order chi connectivity index (χ1) is 21.6. The zero-order valence-electron chi connectivity index (χ0n) is 25.6. The Hall–Kier alpha value is -4.52. The first-order valence-corrected chi connectivity index (χ1v) is 16.0. The number of hydrogen-bond acceptors (Lipinski definition) is 8. The van der Waals surface area contributed by atoms with Crippen LogP contribution in [0.25, 0.3) is 10.2 Å². The lowest BCUT2D eigenvalue weighted by atomic mass is 9.89. The van der Waals surface area contributed by atoms with Gasteiger partial charge in [0, 0.05) is 18.9 Å². The minimum absolute atomic E-state index is 0.0566. The number of guanidine groups is 1. The van der Waals surface area contributed by atoms with Crippen molar-refractivity contribution in [2.24, 2.45) is 28.3 Å². The summed E-state index contributed by atoms with van der Waals surface area (Å²) in [5.41, 5.74) is 12.7. The minimum Gasteiger partial charge on any atom is -0.384 e. The Morgan fingerprint density at radius 1 is 1.04 bits per heavy atom. The number of nitrogens with one attached hydrogen (secondary N) is 4. The highest BCUT2D eigenvalue weighted by Gasteiger charge is 2.29. The van der Waals surface area contributed by atoms with Crippen molar-refractivity contribution in [3.8, 4) is 0 Å². The van der Waals surface area contributed by atoms with Crippen LogP contribution in [0, 0.1) is 11.8 Å². The van der Waals surface area contributed by atoms with Crippen LogP contribution in [0.5, 0.6) is 0 Å². The number of aromatic nitrogens is 1. The van der Waals surface area contributed by atoms with Gasteiger partial charge in [-0.25, -0.2) is 4.98 Å². The number of carbonyl (C=O) groups excluding carboxylic acids is 4. The Labute approximate surface area is 266 Å². The number of allylic oxidation sites excluding steroid dienone is 2. The van der Waals surface area contributed by atoms with Crippen LogP contribution in [-0.2, 0) is 14.4 Å². The standard InChI is InChI=1S/C32H42N8O4S/c1-19(2)16-25(39-27(41)14-13-20-17-36-22-9-4-3-8-21(20)22)30(44)37-18-28(42)38-24(11-7-15-35-32(33)34)29(43)31-40-23-10-5-6-12-26(23)45-31/h3-6,8-10,12,17,19,21-22,24-25,36H,7,11,13-16,18H2,1-2H3,(H,37,44)(H,38,42)(H,39,41)(H4,33,34,35). The maximum absolute atomic E-state index is 13.4. The van der Waals surface area contributed by atoms with Crippen LogP contribution in [0.3, 0.4) is 0 Å². The van der Waals surface area contributed by atoms with E-state index in [9.17, 15) is 19.2 Å². The Balaban J connectivity index is 1.31. The summed E-state index contributed by atoms with van der Waals surface area (Å²) in [5.74, 6) is -1.27. The van der Waals surface area contributed by atoms with Gasteiger partial charge in [0.1, 0.15) is 6.04 Å². The summed E-state index contributed by atoms with van der Waals surface area (Å²) in [4.78, 5) is 60.7. The van der Waals surface area contributed by atoms with E-state index < -0.39 is 23.9 Å². The summed E-state index contributed by atoms with van der Waals surface area (Å²) in [6, 6.07) is 5.94. The van der Waals surface area contributed by atoms with Gasteiger partial charge in [0.05, 0.1) is 28.8 Å². The summed E-state index contributed by atoms with van der Waals surface area (Å²) in [5, 5.41) is 11.8. The van der Waals surface area contributed by atoms with Gasteiger partial charge in [-0.3, -0.25) is 24.2 Å². The van der Waals surface area contributed by atoms with Gasteiger partial charge in [-0.15, -0.1) is 11.3 Å². The number of fused-ring (bicyclic) bond motifs is 2. The Morgan fingerprint density at radius 3 is 2.56 bits per heavy atom. The van der Waals surface area contributed by atoms with Crippen LogP contribution in [0.15, 0.2) is 65.3 Å². The summed E-state index contributed by atoms with van der Waals surface area (Å²) in [6.07, 6.45) is 12.1. The van der Waals surface area contributed by atoms with Gasteiger partial charge in [0.25, 0.3) is 0 Å². The molecule has 8 N–H and O–H groups in total. The van der Waals surface area contributed by atoms with Crippen LogP contribution in [0.2, 0.25) is 0 Å². The number of nitrogens with two attached hydrogens (primary N) is 2. The fourth-order valence-corrected chi connectivity index (χ4v) is 6.28. The van der Waals surface area contributed by atoms with Crippen LogP contribution in [-0.4, -0.2) is 65.7 Å². The molecule has 0 fully saturated rings. The smallest absolute Gasteiger partial charge is 0.243 e. The number of benzene rings is 1. The Morgan fingerprint density at radius 2 is 1.80 bits per heavy atom. The average molecular weight is 635 g/mol. The van der Waals surface area contributed by atoms with Crippen LogP contribution < -0.4 is 32.7 Å². The van der Waals surface area contributed by atoms with Gasteiger partial charge < -0.3 is 32.7 Å². The van der Waals surface area contributed by atoms with E-state index in [0.717, 1.165) is 10.3 Å². The van der Waals surface area contributed by atoms with E-state index >= 15 is 0 Å². The molecule has 0 spiro atoms. The fourth-order valence-electron chi connectivity index (χ4n) is 5.32. The monoisotopic (exact) mass is 634 g/mol. The van der Waals surface area contributed by atoms with E-state index in [4.69, 9.17) is 11.5 Å². The largest absolute Gasteiger partial charge is 0.384 e. The quantitative estimate of drug-likeness (QED) is 0.0699. The molecule has 0 saturated carbocycles. The highest BCUT2D eigenvalue weighted by molar-refractivity contribution is 7.20. The summed E-state index contributed by atoms with van der Waals surface area (Å²) >= 11 is 1.25. The van der Waals surface area contributed by atoms with Crippen molar-refractivity contribution in [1.29, 1.82) is 0 Å². The predicted molar refractivity (Wildman–Crippen MR) is 176 cm³/mol. The Kier molecular flexibility index (Phi) is 11.9. The lowest BCUT2D eigenvalue weighted by Crippen LogP contribution is -2.51. The van der Waals surface area contributed by atoms with Crippen molar-refractivity contribution in [1.82, 2.24) is 26.3 Å². The molecule has 13 heteroatoms. The SMILES string of the molecule is CC(C)CC(NC(=O)CCC1=CNC2C=CC=CC12)C(=O)NCC(=O)NC(CCCN=C(N)N)C(=O)c1nc2ccccc2s1. The van der Waals surface area contributed by atoms with Crippen LogP contribution >= 0.6 is 11.3 Å². The van der Waals surface area contributed by atoms with Crippen molar-refractivity contribution in [3.63, 3.8) is 0 Å². The van der Waals surface area contributed by atoms with Gasteiger partial charge >= 0.3 is 0 Å². The number of Topliss-reactive ketones (excluding diaryl/α,β-unsaturated/α-hetero) is 1. The summed E-state index contributed by atoms with van der Waals surface area (Å²) < 4.78 is 0.862. The zero-order valence-corrected chi connectivity index (χ0v) is 26.4. The van der Waals surface area contributed by atoms with E-state index in [-0.39, 0.29) is 66.5 Å². The van der Waals surface area contributed by atoms with Crippen molar-refractivity contribution in [3.05, 3.63) is 65.4 Å². The molecule has 1 aromatic carbocycles. The predicted octanol–water partition coefficient (Wildman–Crippen LogP) is 2.04. The molecule has 1 aliphatic carbocycles. The van der Waals surface area contributed by atoms with Crippen molar-refractivity contribution in [2.45, 2.75) is 64.1 Å². The molecule has 4 rings (SSSR count). The van der Waals surface area contributed by atoms with Crippen molar-refractivity contribution >= 4 is 51.0 Å². The number of ketones is 1. The average Bonchev–Trinajstić information content (AvgIpc) is 3.63. The molecule has 4 atom stereocenters. The second-order valence-corrected chi connectivity index (χ2v) is 12.6. The number of carbonyl (C=O) groups is 4. The van der Waals surface area contributed by atoms with E-state index in [2.05, 4.69) is 43.4 Å². The molecule has 240 valence electrons. The Bertz CT molecular complexity index is 1470. The zero-order chi connectivity index (χ0) is 32.3. The molecule has 2 heterocycles. The summed E-state index contributed by atoms with van der Waals surface area (Å²) in [7, 11) is 0. The molecular formula is C32H42N8O4S. The lowest BCUT2D eigenvalue weighted by molar-refractivity contribution is -0.130. The molecule has 1 aromatic heterocycles. The number of para-hydroxylation sites is 1. The third-order valence-electron chi connectivity index (χ3n) is 7.55. The van der Waals surface area contributed by atoms with Crippen molar-refractivity contribution < 1.29 is 19.2 Å². The lowest BCUT2D eigenvalue weighted by Gasteiger charge is -2.22. The number of hydrogen-bond donors (Lipinski definition) is 6. The fraction of sp³-hybridized carbons (Fsp3) is 0.438. The molecule has 2 aliphatic rings. The first kappa shape index (κ1) is 33.4. The van der Waals surface area contributed by atoms with Gasteiger partial charge in [0.15, 0.2) is 11.0 Å². The van der Waals surface area contributed by atoms with E-state index in [1.807, 2.05) is 56.5 Å². The molecule has 0 saturated heterocycles. The van der Waals surface area contributed by atoms with Crippen LogP contribution in [0.1, 0.15) is 55.8 Å². The number of amides is 3. The molecule has 2 aromatic rings. The van der Waals surface area contributed by atoms with Gasteiger partial charge in [-0.05, 0) is 55.5 Å². The topological polar surface area (TPSA) is 194 Å². The van der Waals surface area contributed by atoms with E-state index in [0.29, 0.717) is 24.8 Å². The van der Waals surface area contributed by atoms with Crippen LogP contribution in [0.4, 0.5) is 0 Å². The second-order valence-electron chi connectivity index (χ2n) is 11.6. The van der Waals surface area contributed by atoms with Gasteiger partial charge in [-0.2, -0.15) is 0 Å².